The highest BCUT2D eigenvalue weighted by Crippen LogP contribution is 2.47. The van der Waals surface area contributed by atoms with Crippen molar-refractivity contribution in [3.8, 4) is 0 Å². The highest BCUT2D eigenvalue weighted by atomic mass is 19.3. The van der Waals surface area contributed by atoms with Crippen molar-refractivity contribution >= 4 is 5.91 Å². The Morgan fingerprint density at radius 2 is 1.54 bits per heavy atom. The number of amides is 1. The average molecular weight is 690 g/mol. The van der Waals surface area contributed by atoms with Crippen LogP contribution in [0.15, 0.2) is 30.3 Å². The molecule has 2 heterocycles. The van der Waals surface area contributed by atoms with Crippen molar-refractivity contribution in [3.05, 3.63) is 35.9 Å². The monoisotopic (exact) mass is 689 g/mol. The van der Waals surface area contributed by atoms with E-state index >= 15 is 0 Å². The molecule has 9 N–H and O–H groups in total. The highest BCUT2D eigenvalue weighted by molar-refractivity contribution is 5.77. The number of carbonyl (C=O) groups excluding carboxylic acids is 1. The second kappa shape index (κ2) is 16.4. The van der Waals surface area contributed by atoms with Crippen LogP contribution >= 0.6 is 0 Å². The Bertz CT molecular complexity index is 1140. The third-order valence-electron chi connectivity index (χ3n) is 10.0. The minimum absolute atomic E-state index is 0.140. The number of carbonyl (C=O) groups is 1. The third-order valence-corrected chi connectivity index (χ3v) is 10.0. The Balaban J connectivity index is 0.000000395. The Hall–Kier alpha value is -1.85. The van der Waals surface area contributed by atoms with Crippen molar-refractivity contribution in [1.29, 1.82) is 0 Å². The van der Waals surface area contributed by atoms with Crippen LogP contribution in [0.1, 0.15) is 93.1 Å². The summed E-state index contributed by atoms with van der Waals surface area (Å²) in [6, 6.07) is 10.7. The van der Waals surface area contributed by atoms with Crippen LogP contribution in [0.2, 0.25) is 0 Å². The van der Waals surface area contributed by atoms with E-state index in [0.717, 1.165) is 18.4 Å². The van der Waals surface area contributed by atoms with Crippen LogP contribution in [0.5, 0.6) is 0 Å². The summed E-state index contributed by atoms with van der Waals surface area (Å²) in [5.74, 6) is -15.3. The fraction of sp³-hybridized carbons (Fsp3) is 0.794. The Kier molecular flexibility index (Phi) is 14.5. The molecule has 6 atom stereocenters. The van der Waals surface area contributed by atoms with Crippen LogP contribution < -0.4 is 11.2 Å². The number of primary amides is 1. The van der Waals surface area contributed by atoms with Crippen molar-refractivity contribution in [2.45, 2.75) is 148 Å². The van der Waals surface area contributed by atoms with E-state index in [-0.39, 0.29) is 18.2 Å². The van der Waals surface area contributed by atoms with Gasteiger partial charge in [0.2, 0.25) is 23.4 Å². The van der Waals surface area contributed by atoms with Crippen LogP contribution in [0.3, 0.4) is 0 Å². The van der Waals surface area contributed by atoms with Gasteiger partial charge in [0.1, 0.15) is 0 Å². The van der Waals surface area contributed by atoms with Gasteiger partial charge in [0, 0.05) is 50.4 Å². The van der Waals surface area contributed by atoms with E-state index in [1.165, 1.54) is 0 Å². The minimum atomic E-state index is -4.55. The van der Waals surface area contributed by atoms with Gasteiger partial charge >= 0.3 is 5.92 Å². The molecule has 14 heteroatoms. The lowest BCUT2D eigenvalue weighted by Crippen LogP contribution is -2.68. The van der Waals surface area contributed by atoms with Crippen molar-refractivity contribution in [2.24, 2.45) is 23.5 Å². The number of aryl methyl sites for hydroxylation is 1. The predicted molar refractivity (Wildman–Crippen MR) is 178 cm³/mol. The van der Waals surface area contributed by atoms with Gasteiger partial charge < -0.3 is 36.4 Å². The fourth-order valence-corrected chi connectivity index (χ4v) is 7.61. The number of likely N-dealkylation sites (tertiary alicyclic amines) is 1. The van der Waals surface area contributed by atoms with Gasteiger partial charge in [0.25, 0.3) is 0 Å². The first-order valence-electron chi connectivity index (χ1n) is 17.1. The number of aliphatic hydroxyl groups is 6. The summed E-state index contributed by atoms with van der Waals surface area (Å²) in [5, 5.41) is 60.4. The van der Waals surface area contributed by atoms with E-state index in [1.54, 1.807) is 0 Å². The molecule has 1 amide bonds. The first kappa shape index (κ1) is 42.3. The lowest BCUT2D eigenvalue weighted by atomic mass is 9.77. The summed E-state index contributed by atoms with van der Waals surface area (Å²) >= 11 is 0. The van der Waals surface area contributed by atoms with E-state index < -0.39 is 48.1 Å². The number of hydrogen-bond acceptors (Lipinski definition) is 11. The highest BCUT2D eigenvalue weighted by Gasteiger charge is 2.70. The van der Waals surface area contributed by atoms with Gasteiger partial charge in [0.05, 0.1) is 12.3 Å². The number of nitrogens with one attached hydrogen (secondary N) is 1. The molecule has 12 nitrogen and oxygen atoms in total. The SMILES string of the molecule is CC.CC(C)C1N(C)NC(C)N1C(C)CC1CC(C)C(C)N1C(O)(O)CCc1ccccc1.NC(=O)C1CC(O)(O)C(F)(F)C(O)(O)C1. The molecule has 6 unspecified atom stereocenters. The van der Waals surface area contributed by atoms with Gasteiger partial charge in [-0.1, -0.05) is 65.0 Å². The maximum absolute atomic E-state index is 13.0. The van der Waals surface area contributed by atoms with Gasteiger partial charge in [0.15, 0.2) is 0 Å². The van der Waals surface area contributed by atoms with E-state index in [1.807, 2.05) is 36.9 Å². The molecule has 1 aliphatic carbocycles. The molecule has 1 saturated carbocycles. The van der Waals surface area contributed by atoms with Gasteiger partial charge in [-0.25, -0.2) is 15.3 Å². The molecule has 0 spiro atoms. The van der Waals surface area contributed by atoms with Gasteiger partial charge in [-0.15, -0.1) is 0 Å². The van der Waals surface area contributed by atoms with Crippen molar-refractivity contribution in [3.63, 3.8) is 0 Å². The van der Waals surface area contributed by atoms with Crippen molar-refractivity contribution < 1.29 is 44.2 Å². The van der Waals surface area contributed by atoms with Crippen LogP contribution in [0.25, 0.3) is 0 Å². The summed E-state index contributed by atoms with van der Waals surface area (Å²) < 4.78 is 26.1. The smallest absolute Gasteiger partial charge is 0.352 e. The first-order chi connectivity index (χ1) is 22.0. The summed E-state index contributed by atoms with van der Waals surface area (Å²) in [6.45, 7) is 17.4. The number of rotatable bonds is 9. The fourth-order valence-electron chi connectivity index (χ4n) is 7.61. The Labute approximate surface area is 284 Å². The summed E-state index contributed by atoms with van der Waals surface area (Å²) in [4.78, 5) is 15.2. The standard InChI is InChI=1S/C25H44N4O2.C7H11F2NO5.C2H6/c1-17(2)24-27(7)26-21(6)28(24)19(4)16-23-15-18(3)20(5)29(23)25(30,31)14-13-22-11-9-8-10-12-22;8-7(9)5(12,13)1-3(4(10)11)2-6(7,14)15;1-2/h8-12,17-21,23-24,26,30-31H,13-16H2,1-7H3;3,12-15H,1-2H2,(H2,10,11);1-2H3. The molecule has 1 aromatic carbocycles. The predicted octanol–water partition coefficient (Wildman–Crippen LogP) is 2.12. The average Bonchev–Trinajstić information content (AvgIpc) is 3.45. The molecule has 0 bridgehead atoms. The van der Waals surface area contributed by atoms with E-state index in [2.05, 4.69) is 76.1 Å². The maximum atomic E-state index is 13.0. The topological polar surface area (TPSA) is 186 Å². The second-order valence-corrected chi connectivity index (χ2v) is 14.1. The number of benzene rings is 1. The van der Waals surface area contributed by atoms with Crippen LogP contribution in [0, 0.1) is 17.8 Å². The molecule has 48 heavy (non-hydrogen) atoms. The molecule has 1 aromatic rings. The van der Waals surface area contributed by atoms with E-state index in [4.69, 9.17) is 26.2 Å². The summed E-state index contributed by atoms with van der Waals surface area (Å²) in [5.41, 5.74) is 9.46. The minimum Gasteiger partial charge on any atom is -0.369 e. The van der Waals surface area contributed by atoms with Gasteiger partial charge in [-0.05, 0) is 57.4 Å². The summed E-state index contributed by atoms with van der Waals surface area (Å²) in [6.07, 6.45) is 1.41. The van der Waals surface area contributed by atoms with Gasteiger partial charge in [-0.3, -0.25) is 9.69 Å². The van der Waals surface area contributed by atoms with Crippen LogP contribution in [-0.4, -0.2) is 112 Å². The maximum Gasteiger partial charge on any atom is 0.352 e. The number of halogens is 2. The molecule has 278 valence electrons. The third kappa shape index (κ3) is 9.27. The largest absolute Gasteiger partial charge is 0.369 e. The van der Waals surface area contributed by atoms with Crippen molar-refractivity contribution in [2.75, 3.05) is 7.05 Å². The molecule has 0 radical (unpaired) electrons. The molecule has 2 saturated heterocycles. The quantitative estimate of drug-likeness (QED) is 0.178. The normalized spacial score (nSPS) is 29.9. The Morgan fingerprint density at radius 1 is 1.02 bits per heavy atom. The Morgan fingerprint density at radius 3 is 2.02 bits per heavy atom. The zero-order valence-electron chi connectivity index (χ0n) is 30.0. The van der Waals surface area contributed by atoms with Gasteiger partial charge in [-0.2, -0.15) is 8.78 Å². The molecule has 2 aliphatic heterocycles. The molecule has 0 aromatic heterocycles. The first-order valence-corrected chi connectivity index (χ1v) is 17.1. The number of nitrogens with two attached hydrogens (primary N) is 1. The summed E-state index contributed by atoms with van der Waals surface area (Å²) in [7, 11) is 2.12. The lowest BCUT2D eigenvalue weighted by molar-refractivity contribution is -0.421. The molecule has 3 fully saturated rings. The van der Waals surface area contributed by atoms with Crippen LogP contribution in [0.4, 0.5) is 8.78 Å². The lowest BCUT2D eigenvalue weighted by Gasteiger charge is -2.45. The number of hydrazine groups is 1. The molecule has 4 rings (SSSR count). The van der Waals surface area contributed by atoms with Crippen molar-refractivity contribution in [1.82, 2.24) is 20.2 Å². The van der Waals surface area contributed by atoms with E-state index in [9.17, 15) is 23.8 Å². The number of hydrogen-bond donors (Lipinski definition) is 8. The zero-order valence-corrected chi connectivity index (χ0v) is 30.0. The van der Waals surface area contributed by atoms with E-state index in [0.29, 0.717) is 36.9 Å². The molecular formula is C34H61F2N5O7. The van der Waals surface area contributed by atoms with Crippen LogP contribution in [-0.2, 0) is 11.2 Å². The number of alkyl halides is 2. The zero-order chi connectivity index (χ0) is 37.0. The molecule has 3 aliphatic rings. The number of nitrogens with zero attached hydrogens (tertiary/aromatic N) is 3. The molecular weight excluding hydrogens is 628 g/mol. The second-order valence-electron chi connectivity index (χ2n) is 14.1.